The molecule has 0 radical (unpaired) electrons. The fourth-order valence-corrected chi connectivity index (χ4v) is 1.56. The lowest BCUT2D eigenvalue weighted by atomic mass is 10.2. The number of hydrogen-bond donors (Lipinski definition) is 3. The van der Waals surface area contributed by atoms with Crippen molar-refractivity contribution in [3.8, 4) is 11.5 Å². The molecule has 1 aromatic carbocycles. The highest BCUT2D eigenvalue weighted by molar-refractivity contribution is 7.97. The van der Waals surface area contributed by atoms with Gasteiger partial charge in [0.25, 0.3) is 0 Å². The number of urea groups is 1. The molecule has 4 N–H and O–H groups in total. The molecule has 0 aliphatic carbocycles. The second kappa shape index (κ2) is 5.35. The van der Waals surface area contributed by atoms with Crippen LogP contribution in [0.2, 0.25) is 0 Å². The van der Waals surface area contributed by atoms with Gasteiger partial charge in [-0.25, -0.2) is 4.79 Å². The molecule has 5 nitrogen and oxygen atoms in total. The first-order valence-corrected chi connectivity index (χ1v) is 5.15. The minimum Gasteiger partial charge on any atom is -0.504 e. The average molecular weight is 228 g/mol. The summed E-state index contributed by atoms with van der Waals surface area (Å²) in [6.45, 7) is 0. The molecule has 0 spiro atoms. The molecule has 0 saturated carbocycles. The second-order valence-electron chi connectivity index (χ2n) is 2.76. The number of methoxy groups -OCH3 is 1. The SMILES string of the molecule is COc1cc(CSNC(N)=O)ccc1O. The summed E-state index contributed by atoms with van der Waals surface area (Å²) in [7, 11) is 1.48. The van der Waals surface area contributed by atoms with Gasteiger partial charge < -0.3 is 15.6 Å². The van der Waals surface area contributed by atoms with Crippen molar-refractivity contribution in [3.63, 3.8) is 0 Å². The van der Waals surface area contributed by atoms with Gasteiger partial charge in [-0.05, 0) is 29.6 Å². The van der Waals surface area contributed by atoms with E-state index < -0.39 is 6.03 Å². The van der Waals surface area contributed by atoms with E-state index in [9.17, 15) is 9.90 Å². The number of ether oxygens (including phenoxy) is 1. The maximum absolute atomic E-state index is 10.4. The summed E-state index contributed by atoms with van der Waals surface area (Å²) in [5, 5.41) is 9.33. The second-order valence-corrected chi connectivity index (χ2v) is 3.54. The lowest BCUT2D eigenvalue weighted by Gasteiger charge is -2.06. The van der Waals surface area contributed by atoms with Crippen molar-refractivity contribution < 1.29 is 14.6 Å². The van der Waals surface area contributed by atoms with Crippen LogP contribution in [0.3, 0.4) is 0 Å². The van der Waals surface area contributed by atoms with Crippen LogP contribution in [-0.2, 0) is 5.75 Å². The third kappa shape index (κ3) is 3.59. The lowest BCUT2D eigenvalue weighted by molar-refractivity contribution is 0.254. The number of carbonyl (C=O) groups excluding carboxylic acids is 1. The van der Waals surface area contributed by atoms with Gasteiger partial charge in [0.2, 0.25) is 0 Å². The molecule has 82 valence electrons. The van der Waals surface area contributed by atoms with Crippen molar-refractivity contribution in [2.75, 3.05) is 7.11 Å². The Morgan fingerprint density at radius 1 is 1.67 bits per heavy atom. The van der Waals surface area contributed by atoms with E-state index >= 15 is 0 Å². The highest BCUT2D eigenvalue weighted by Gasteiger charge is 2.02. The molecule has 15 heavy (non-hydrogen) atoms. The largest absolute Gasteiger partial charge is 0.504 e. The Morgan fingerprint density at radius 2 is 2.40 bits per heavy atom. The molecule has 1 rings (SSSR count). The first-order valence-electron chi connectivity index (χ1n) is 4.16. The number of primary amides is 1. The lowest BCUT2D eigenvalue weighted by Crippen LogP contribution is -2.22. The Balaban J connectivity index is 2.58. The van der Waals surface area contributed by atoms with Crippen molar-refractivity contribution >= 4 is 18.0 Å². The predicted octanol–water partition coefficient (Wildman–Crippen LogP) is 1.22. The monoisotopic (exact) mass is 228 g/mol. The number of amides is 2. The van der Waals surface area contributed by atoms with Crippen LogP contribution in [0.25, 0.3) is 0 Å². The first-order chi connectivity index (χ1) is 7.13. The van der Waals surface area contributed by atoms with Crippen LogP contribution in [0.4, 0.5) is 4.79 Å². The van der Waals surface area contributed by atoms with Crippen LogP contribution in [0, 0.1) is 0 Å². The summed E-state index contributed by atoms with van der Waals surface area (Å²) in [5.41, 5.74) is 5.82. The smallest absolute Gasteiger partial charge is 0.322 e. The van der Waals surface area contributed by atoms with E-state index in [1.165, 1.54) is 19.1 Å². The van der Waals surface area contributed by atoms with Crippen molar-refractivity contribution in [2.45, 2.75) is 5.75 Å². The van der Waals surface area contributed by atoms with Crippen LogP contribution in [0.15, 0.2) is 18.2 Å². The van der Waals surface area contributed by atoms with Crippen molar-refractivity contribution in [1.82, 2.24) is 4.72 Å². The fourth-order valence-electron chi connectivity index (χ4n) is 1.00. The maximum atomic E-state index is 10.4. The van der Waals surface area contributed by atoms with E-state index in [2.05, 4.69) is 4.72 Å². The van der Waals surface area contributed by atoms with E-state index in [0.29, 0.717) is 11.5 Å². The summed E-state index contributed by atoms with van der Waals surface area (Å²) in [4.78, 5) is 10.4. The Labute approximate surface area is 91.7 Å². The number of rotatable bonds is 4. The third-order valence-corrected chi connectivity index (χ3v) is 2.48. The molecule has 0 aromatic heterocycles. The van der Waals surface area contributed by atoms with E-state index in [-0.39, 0.29) is 5.75 Å². The highest BCUT2D eigenvalue weighted by Crippen LogP contribution is 2.27. The minimum absolute atomic E-state index is 0.0918. The quantitative estimate of drug-likeness (QED) is 0.676. The number of nitrogens with one attached hydrogen (secondary N) is 1. The van der Waals surface area contributed by atoms with Crippen LogP contribution < -0.4 is 15.2 Å². The van der Waals surface area contributed by atoms with Crippen molar-refractivity contribution in [2.24, 2.45) is 5.73 Å². The van der Waals surface area contributed by atoms with Gasteiger partial charge in [-0.15, -0.1) is 0 Å². The molecule has 0 bridgehead atoms. The number of nitrogens with two attached hydrogens (primary N) is 1. The molecule has 0 atom stereocenters. The highest BCUT2D eigenvalue weighted by atomic mass is 32.2. The zero-order valence-corrected chi connectivity index (χ0v) is 9.00. The minimum atomic E-state index is -0.578. The molecule has 0 unspecified atom stereocenters. The molecule has 0 heterocycles. The fraction of sp³-hybridized carbons (Fsp3) is 0.222. The van der Waals surface area contributed by atoms with Crippen LogP contribution in [0.5, 0.6) is 11.5 Å². The van der Waals surface area contributed by atoms with Crippen molar-refractivity contribution in [1.29, 1.82) is 0 Å². The Bertz CT molecular complexity index is 357. The number of carbonyl (C=O) groups is 1. The number of aromatic hydroxyl groups is 1. The predicted molar refractivity (Wildman–Crippen MR) is 58.7 cm³/mol. The number of phenols is 1. The normalized spacial score (nSPS) is 9.67. The first kappa shape index (κ1) is 11.5. The van der Waals surface area contributed by atoms with E-state index in [4.69, 9.17) is 10.5 Å². The maximum Gasteiger partial charge on any atom is 0.322 e. The van der Waals surface area contributed by atoms with Crippen LogP contribution in [-0.4, -0.2) is 18.2 Å². The van der Waals surface area contributed by atoms with E-state index in [1.54, 1.807) is 18.2 Å². The summed E-state index contributed by atoms with van der Waals surface area (Å²) in [6, 6.07) is 4.41. The zero-order chi connectivity index (χ0) is 11.3. The molecule has 0 fully saturated rings. The Kier molecular flexibility index (Phi) is 4.11. The standard InChI is InChI=1S/C9H12N2O3S/c1-14-8-4-6(2-3-7(8)12)5-15-11-9(10)13/h2-4,12H,5H2,1H3,(H3,10,11,13). The van der Waals surface area contributed by atoms with Gasteiger partial charge in [-0.2, -0.15) is 0 Å². The summed E-state index contributed by atoms with van der Waals surface area (Å²) < 4.78 is 7.34. The summed E-state index contributed by atoms with van der Waals surface area (Å²) in [5.74, 6) is 1.06. The molecule has 2 amide bonds. The van der Waals surface area contributed by atoms with Gasteiger partial charge in [0, 0.05) is 5.75 Å². The van der Waals surface area contributed by atoms with E-state index in [1.807, 2.05) is 0 Å². The van der Waals surface area contributed by atoms with Gasteiger partial charge in [0.05, 0.1) is 7.11 Å². The molecular formula is C9H12N2O3S. The summed E-state index contributed by atoms with van der Waals surface area (Å²) >= 11 is 1.18. The zero-order valence-electron chi connectivity index (χ0n) is 8.19. The summed E-state index contributed by atoms with van der Waals surface area (Å²) in [6.07, 6.45) is 0. The molecule has 6 heteroatoms. The molecule has 0 aliphatic rings. The Hall–Kier alpha value is -1.56. The average Bonchev–Trinajstić information content (AvgIpc) is 2.20. The number of benzene rings is 1. The molecule has 0 saturated heterocycles. The van der Waals surface area contributed by atoms with Crippen LogP contribution >= 0.6 is 11.9 Å². The van der Waals surface area contributed by atoms with Gasteiger partial charge in [-0.1, -0.05) is 6.07 Å². The van der Waals surface area contributed by atoms with Gasteiger partial charge in [-0.3, -0.25) is 4.72 Å². The van der Waals surface area contributed by atoms with Gasteiger partial charge in [0.1, 0.15) is 0 Å². The Morgan fingerprint density at radius 3 is 3.00 bits per heavy atom. The molecule has 0 aliphatic heterocycles. The molecular weight excluding hydrogens is 216 g/mol. The number of phenolic OH excluding ortho intramolecular Hbond substituents is 1. The van der Waals surface area contributed by atoms with Gasteiger partial charge >= 0.3 is 6.03 Å². The number of hydrogen-bond acceptors (Lipinski definition) is 4. The molecule has 1 aromatic rings. The van der Waals surface area contributed by atoms with E-state index in [0.717, 1.165) is 5.56 Å². The topological polar surface area (TPSA) is 84.6 Å². The van der Waals surface area contributed by atoms with Crippen molar-refractivity contribution in [3.05, 3.63) is 23.8 Å². The van der Waals surface area contributed by atoms with Gasteiger partial charge in [0.15, 0.2) is 11.5 Å². The van der Waals surface area contributed by atoms with Crippen LogP contribution in [0.1, 0.15) is 5.56 Å². The third-order valence-electron chi connectivity index (χ3n) is 1.66.